The van der Waals surface area contributed by atoms with Gasteiger partial charge in [0, 0.05) is 24.0 Å². The second-order valence-corrected chi connectivity index (χ2v) is 7.22. The van der Waals surface area contributed by atoms with Crippen LogP contribution in [0.25, 0.3) is 0 Å². The predicted octanol–water partition coefficient (Wildman–Crippen LogP) is 0.270. The molecule has 2 N–H and O–H groups in total. The monoisotopic (exact) mass is 394 g/mol. The zero-order valence-corrected chi connectivity index (χ0v) is 14.9. The molecule has 0 aliphatic carbocycles. The van der Waals surface area contributed by atoms with Crippen LogP contribution in [0.15, 0.2) is 48.5 Å². The molecule has 10 heteroatoms. The van der Waals surface area contributed by atoms with Gasteiger partial charge in [0.05, 0.1) is 0 Å². The van der Waals surface area contributed by atoms with E-state index < -0.39 is 20.6 Å². The molecule has 0 amide bonds. The Morgan fingerprint density at radius 3 is 1.42 bits per heavy atom. The molecule has 0 saturated carbocycles. The minimum absolute atomic E-state index is 0.165. The normalized spacial score (nSPS) is 14.6. The van der Waals surface area contributed by atoms with Crippen molar-refractivity contribution in [3.63, 3.8) is 0 Å². The first-order valence-electron chi connectivity index (χ1n) is 7.46. The largest absolute Gasteiger partial charge is 0.403 e. The third kappa shape index (κ3) is 4.29. The number of rotatable bonds is 0. The minimum atomic E-state index is -2.23. The van der Waals surface area contributed by atoms with Crippen molar-refractivity contribution in [3.05, 3.63) is 59.7 Å². The average Bonchev–Trinajstić information content (AvgIpc) is 2.67. The number of hydrogen-bond donors (Lipinski definition) is 2. The number of hydroxylamine groups is 2. The lowest BCUT2D eigenvalue weighted by molar-refractivity contribution is 0.252. The maximum absolute atomic E-state index is 10.6. The van der Waals surface area contributed by atoms with Crippen molar-refractivity contribution in [1.29, 1.82) is 0 Å². The summed E-state index contributed by atoms with van der Waals surface area (Å²) in [4.78, 5) is 10.4. The summed E-state index contributed by atoms with van der Waals surface area (Å²) in [5.41, 5.74) is 6.51. The van der Waals surface area contributed by atoms with Crippen LogP contribution in [0.5, 0.6) is 11.5 Å². The Bertz CT molecular complexity index is 1000. The fourth-order valence-electron chi connectivity index (χ4n) is 2.33. The van der Waals surface area contributed by atoms with Gasteiger partial charge >= 0.3 is 0 Å². The van der Waals surface area contributed by atoms with Crippen molar-refractivity contribution in [2.75, 3.05) is 0 Å². The van der Waals surface area contributed by atoms with Gasteiger partial charge in [-0.05, 0) is 12.1 Å². The van der Waals surface area contributed by atoms with Gasteiger partial charge in [0.1, 0.15) is 0 Å². The number of para-hydroxylation sites is 2. The first-order chi connectivity index (χ1) is 12.5. The van der Waals surface area contributed by atoms with Crippen molar-refractivity contribution in [3.8, 4) is 11.5 Å². The van der Waals surface area contributed by atoms with E-state index in [1.807, 2.05) is 36.4 Å². The van der Waals surface area contributed by atoms with Crippen LogP contribution < -0.4 is 20.6 Å². The maximum atomic E-state index is 10.6. The van der Waals surface area contributed by atoms with E-state index in [0.717, 1.165) is 11.1 Å². The molecule has 2 aromatic rings. The van der Waals surface area contributed by atoms with Gasteiger partial charge in [-0.3, -0.25) is 0 Å². The molecular formula is C16H14N2O6S2. The molecule has 0 unspecified atom stereocenters. The Labute approximate surface area is 152 Å². The van der Waals surface area contributed by atoms with Gasteiger partial charge in [-0.1, -0.05) is 36.4 Å². The SMILES string of the molecule is O=S(=O)=C1Cc2ccccc2ON1.O=S(=O)=C1Cc2ccccc2ON1. The van der Waals surface area contributed by atoms with Crippen LogP contribution in [-0.2, 0) is 33.4 Å². The Balaban J connectivity index is 0.000000151. The Kier molecular flexibility index (Phi) is 5.68. The van der Waals surface area contributed by atoms with Crippen LogP contribution in [0, 0.1) is 0 Å². The van der Waals surface area contributed by atoms with Crippen molar-refractivity contribution in [2.45, 2.75) is 12.8 Å². The zero-order chi connectivity index (χ0) is 18.5. The second kappa shape index (κ2) is 8.15. The highest BCUT2D eigenvalue weighted by atomic mass is 32.2. The minimum Gasteiger partial charge on any atom is -0.403 e. The van der Waals surface area contributed by atoms with E-state index in [4.69, 9.17) is 9.68 Å². The zero-order valence-electron chi connectivity index (χ0n) is 13.3. The Morgan fingerprint density at radius 2 is 1.04 bits per heavy atom. The third-order valence-electron chi connectivity index (χ3n) is 3.60. The van der Waals surface area contributed by atoms with Crippen LogP contribution in [0.2, 0.25) is 0 Å². The van der Waals surface area contributed by atoms with Crippen LogP contribution in [0.1, 0.15) is 11.1 Å². The molecule has 0 atom stereocenters. The average molecular weight is 394 g/mol. The summed E-state index contributed by atoms with van der Waals surface area (Å²) >= 11 is 0. The van der Waals surface area contributed by atoms with Crippen LogP contribution in [0.3, 0.4) is 0 Å². The van der Waals surface area contributed by atoms with E-state index in [0.29, 0.717) is 24.3 Å². The highest BCUT2D eigenvalue weighted by Gasteiger charge is 2.15. The highest BCUT2D eigenvalue weighted by Crippen LogP contribution is 2.21. The van der Waals surface area contributed by atoms with Crippen LogP contribution >= 0.6 is 0 Å². The molecule has 2 aliphatic rings. The summed E-state index contributed by atoms with van der Waals surface area (Å²) in [7, 11) is -4.46. The third-order valence-corrected chi connectivity index (χ3v) is 4.86. The molecule has 4 rings (SSSR count). The first-order valence-corrected chi connectivity index (χ1v) is 9.61. The fraction of sp³-hybridized carbons (Fsp3) is 0.125. The Morgan fingerprint density at radius 1 is 0.654 bits per heavy atom. The van der Waals surface area contributed by atoms with Crippen molar-refractivity contribution < 1.29 is 26.5 Å². The quantitative estimate of drug-likeness (QED) is 0.613. The number of fused-ring (bicyclic) bond motifs is 2. The maximum Gasteiger partial charge on any atom is 0.231 e. The van der Waals surface area contributed by atoms with Crippen molar-refractivity contribution in [2.24, 2.45) is 0 Å². The molecule has 2 aliphatic heterocycles. The molecule has 0 aromatic heterocycles. The van der Waals surface area contributed by atoms with Crippen molar-refractivity contribution in [1.82, 2.24) is 11.0 Å². The summed E-state index contributed by atoms with van der Waals surface area (Å²) in [6.07, 6.45) is 0.735. The highest BCUT2D eigenvalue weighted by molar-refractivity contribution is 7.73. The summed E-state index contributed by atoms with van der Waals surface area (Å²) in [5.74, 6) is 1.36. The molecular weight excluding hydrogens is 380 g/mol. The summed E-state index contributed by atoms with van der Waals surface area (Å²) in [6.45, 7) is 0. The number of hydrogen-bond acceptors (Lipinski definition) is 6. The predicted molar refractivity (Wildman–Crippen MR) is 95.7 cm³/mol. The van der Waals surface area contributed by atoms with Gasteiger partial charge in [-0.2, -0.15) is 16.8 Å². The molecule has 0 bridgehead atoms. The summed E-state index contributed by atoms with van der Waals surface area (Å²) < 4.78 is 42.3. The lowest BCUT2D eigenvalue weighted by Gasteiger charge is -2.16. The topological polar surface area (TPSA) is 111 Å². The Hall–Kier alpha value is -2.66. The lowest BCUT2D eigenvalue weighted by Crippen LogP contribution is -2.33. The van der Waals surface area contributed by atoms with E-state index in [1.54, 1.807) is 12.1 Å². The summed E-state index contributed by atoms with van der Waals surface area (Å²) in [5, 5.41) is 0. The molecule has 0 fully saturated rings. The van der Waals surface area contributed by atoms with Gasteiger partial charge in [-0.15, -0.1) is 11.0 Å². The van der Waals surface area contributed by atoms with Gasteiger partial charge in [0.2, 0.25) is 20.6 Å². The molecule has 0 spiro atoms. The van der Waals surface area contributed by atoms with Gasteiger partial charge in [0.15, 0.2) is 21.5 Å². The van der Waals surface area contributed by atoms with Crippen LogP contribution in [-0.4, -0.2) is 26.8 Å². The molecule has 2 heterocycles. The van der Waals surface area contributed by atoms with Gasteiger partial charge in [0.25, 0.3) is 0 Å². The number of nitrogens with one attached hydrogen (secondary N) is 2. The van der Waals surface area contributed by atoms with Crippen LogP contribution in [0.4, 0.5) is 0 Å². The molecule has 8 nitrogen and oxygen atoms in total. The second-order valence-electron chi connectivity index (χ2n) is 5.29. The van der Waals surface area contributed by atoms with E-state index in [9.17, 15) is 16.8 Å². The lowest BCUT2D eigenvalue weighted by atomic mass is 10.1. The molecule has 26 heavy (non-hydrogen) atoms. The van der Waals surface area contributed by atoms with E-state index in [1.165, 1.54) is 0 Å². The van der Waals surface area contributed by atoms with Crippen molar-refractivity contribution >= 4 is 30.6 Å². The number of benzene rings is 2. The molecule has 2 aromatic carbocycles. The van der Waals surface area contributed by atoms with E-state index in [2.05, 4.69) is 11.0 Å². The van der Waals surface area contributed by atoms with Gasteiger partial charge in [-0.25, -0.2) is 0 Å². The summed E-state index contributed by atoms with van der Waals surface area (Å²) in [6, 6.07) is 14.6. The van der Waals surface area contributed by atoms with E-state index in [-0.39, 0.29) is 9.98 Å². The van der Waals surface area contributed by atoms with E-state index >= 15 is 0 Å². The first kappa shape index (κ1) is 18.1. The van der Waals surface area contributed by atoms with Gasteiger partial charge < -0.3 is 9.68 Å². The molecule has 0 saturated heterocycles. The molecule has 136 valence electrons. The molecule has 0 radical (unpaired) electrons. The fourth-order valence-corrected chi connectivity index (χ4v) is 3.09. The smallest absolute Gasteiger partial charge is 0.231 e. The standard InChI is InChI=1S/2C8H7NO3S/c2*10-13(11)8-5-6-3-1-2-4-7(6)12-9-8/h2*1-4,9H,5H2.